The van der Waals surface area contributed by atoms with Crippen molar-refractivity contribution in [3.8, 4) is 0 Å². The van der Waals surface area contributed by atoms with E-state index in [1.54, 1.807) is 11.5 Å². The van der Waals surface area contributed by atoms with Crippen molar-refractivity contribution in [1.82, 2.24) is 8.86 Å². The van der Waals surface area contributed by atoms with Gasteiger partial charge in [-0.1, -0.05) is 30.1 Å². The van der Waals surface area contributed by atoms with Crippen molar-refractivity contribution in [2.45, 2.75) is 31.8 Å². The summed E-state index contributed by atoms with van der Waals surface area (Å²) in [5.74, 6) is 0. The number of rotatable bonds is 2. The van der Waals surface area contributed by atoms with Gasteiger partial charge in [0.1, 0.15) is 0 Å². The third kappa shape index (κ3) is 2.10. The van der Waals surface area contributed by atoms with E-state index < -0.39 is 0 Å². The van der Waals surface area contributed by atoms with E-state index in [-0.39, 0.29) is 5.56 Å². The average molecular weight is 262 g/mol. The van der Waals surface area contributed by atoms with Crippen LogP contribution in [0.1, 0.15) is 19.3 Å². The molecule has 3 rings (SSSR count). The Labute approximate surface area is 111 Å². The number of hydrogen-bond acceptors (Lipinski definition) is 3. The third-order valence-corrected chi connectivity index (χ3v) is 4.94. The molecule has 18 heavy (non-hydrogen) atoms. The molecular weight excluding hydrogens is 244 g/mol. The van der Waals surface area contributed by atoms with E-state index in [0.29, 0.717) is 6.04 Å². The Kier molecular flexibility index (Phi) is 3.22. The number of nitrogens with zero attached hydrogens (tertiary/aromatic N) is 2. The molecular formula is C14H18N2OS. The molecule has 2 aromatic rings. The second kappa shape index (κ2) is 4.86. The van der Waals surface area contributed by atoms with Gasteiger partial charge in [0.15, 0.2) is 0 Å². The van der Waals surface area contributed by atoms with E-state index in [9.17, 15) is 4.79 Å². The Morgan fingerprint density at radius 3 is 2.94 bits per heavy atom. The van der Waals surface area contributed by atoms with Gasteiger partial charge < -0.3 is 4.90 Å². The first-order chi connectivity index (χ1) is 8.75. The van der Waals surface area contributed by atoms with Gasteiger partial charge in [-0.2, -0.15) is 0 Å². The summed E-state index contributed by atoms with van der Waals surface area (Å²) in [6, 6.07) is 8.41. The monoisotopic (exact) mass is 262 g/mol. The fraction of sp³-hybridized carbons (Fsp3) is 0.500. The van der Waals surface area contributed by atoms with Crippen LogP contribution in [-0.4, -0.2) is 28.5 Å². The molecule has 0 N–H and O–H groups in total. The molecule has 4 heteroatoms. The maximum absolute atomic E-state index is 12.3. The van der Waals surface area contributed by atoms with Crippen LogP contribution >= 0.6 is 11.5 Å². The molecule has 2 heterocycles. The summed E-state index contributed by atoms with van der Waals surface area (Å²) in [5, 5.41) is 0.862. The molecule has 0 amide bonds. The first-order valence-electron chi connectivity index (χ1n) is 6.55. The number of piperidine rings is 1. The van der Waals surface area contributed by atoms with E-state index >= 15 is 0 Å². The molecule has 1 aromatic carbocycles. The van der Waals surface area contributed by atoms with E-state index in [4.69, 9.17) is 0 Å². The third-order valence-electron chi connectivity index (χ3n) is 3.85. The fourth-order valence-corrected chi connectivity index (χ4v) is 3.76. The zero-order valence-corrected chi connectivity index (χ0v) is 11.4. The number of benzene rings is 1. The largest absolute Gasteiger partial charge is 0.302 e. The molecule has 0 saturated carbocycles. The molecule has 0 aliphatic carbocycles. The Balaban J connectivity index is 1.90. The number of fused-ring (bicyclic) bond motifs is 1. The molecule has 1 atom stereocenters. The van der Waals surface area contributed by atoms with Crippen molar-refractivity contribution in [2.75, 3.05) is 13.6 Å². The van der Waals surface area contributed by atoms with Crippen LogP contribution in [0.25, 0.3) is 10.1 Å². The number of aromatic nitrogens is 1. The predicted molar refractivity (Wildman–Crippen MR) is 76.4 cm³/mol. The van der Waals surface area contributed by atoms with Gasteiger partial charge in [-0.05, 0) is 38.6 Å². The zero-order chi connectivity index (χ0) is 12.5. The minimum atomic E-state index is 0.176. The van der Waals surface area contributed by atoms with Crippen LogP contribution < -0.4 is 5.56 Å². The Morgan fingerprint density at radius 2 is 2.17 bits per heavy atom. The van der Waals surface area contributed by atoms with Crippen LogP contribution in [0.15, 0.2) is 29.1 Å². The fourth-order valence-electron chi connectivity index (χ4n) is 2.70. The van der Waals surface area contributed by atoms with E-state index in [1.807, 2.05) is 28.2 Å². The van der Waals surface area contributed by atoms with Gasteiger partial charge >= 0.3 is 0 Å². The standard InChI is InChI=1S/C14H18N2OS/c1-15-9-5-4-6-11(15)10-16-14(17)12-7-2-3-8-13(12)18-16/h2-3,7-8,11H,4-6,9-10H2,1H3. The molecule has 1 aliphatic heterocycles. The lowest BCUT2D eigenvalue weighted by Crippen LogP contribution is -2.40. The Bertz CT molecular complexity index is 601. The van der Waals surface area contributed by atoms with Crippen LogP contribution in [-0.2, 0) is 6.54 Å². The molecule has 1 fully saturated rings. The van der Waals surface area contributed by atoms with Crippen molar-refractivity contribution in [3.05, 3.63) is 34.6 Å². The van der Waals surface area contributed by atoms with Crippen LogP contribution in [0.3, 0.4) is 0 Å². The molecule has 0 spiro atoms. The van der Waals surface area contributed by atoms with Crippen LogP contribution in [0, 0.1) is 0 Å². The highest BCUT2D eigenvalue weighted by molar-refractivity contribution is 7.13. The maximum Gasteiger partial charge on any atom is 0.268 e. The highest BCUT2D eigenvalue weighted by atomic mass is 32.1. The van der Waals surface area contributed by atoms with Gasteiger partial charge in [0.2, 0.25) is 0 Å². The van der Waals surface area contributed by atoms with Crippen LogP contribution in [0.5, 0.6) is 0 Å². The van der Waals surface area contributed by atoms with Crippen molar-refractivity contribution in [3.63, 3.8) is 0 Å². The quantitative estimate of drug-likeness (QED) is 0.831. The van der Waals surface area contributed by atoms with Gasteiger partial charge in [0, 0.05) is 6.04 Å². The molecule has 1 saturated heterocycles. The normalized spacial score (nSPS) is 21.5. The summed E-state index contributed by atoms with van der Waals surface area (Å²) in [6.07, 6.45) is 3.78. The zero-order valence-electron chi connectivity index (χ0n) is 10.6. The molecule has 1 unspecified atom stereocenters. The van der Waals surface area contributed by atoms with Gasteiger partial charge in [-0.15, -0.1) is 0 Å². The van der Waals surface area contributed by atoms with Gasteiger partial charge in [-0.3, -0.25) is 8.75 Å². The number of likely N-dealkylation sites (tertiary alicyclic amines) is 1. The first kappa shape index (κ1) is 11.9. The summed E-state index contributed by atoms with van der Waals surface area (Å²) >= 11 is 1.60. The molecule has 0 radical (unpaired) electrons. The first-order valence-corrected chi connectivity index (χ1v) is 7.32. The lowest BCUT2D eigenvalue weighted by atomic mass is 10.0. The molecule has 1 aliphatic rings. The van der Waals surface area contributed by atoms with Gasteiger partial charge in [-0.25, -0.2) is 0 Å². The molecule has 0 bridgehead atoms. The summed E-state index contributed by atoms with van der Waals surface area (Å²) in [4.78, 5) is 14.7. The van der Waals surface area contributed by atoms with Crippen LogP contribution in [0.2, 0.25) is 0 Å². The maximum atomic E-state index is 12.3. The Hall–Kier alpha value is -1.13. The lowest BCUT2D eigenvalue weighted by molar-refractivity contribution is 0.170. The highest BCUT2D eigenvalue weighted by Gasteiger charge is 2.20. The predicted octanol–water partition coefficient (Wildman–Crippen LogP) is 2.55. The number of hydrogen-bond donors (Lipinski definition) is 0. The SMILES string of the molecule is CN1CCCCC1Cn1sc2ccccc2c1=O. The highest BCUT2D eigenvalue weighted by Crippen LogP contribution is 2.20. The van der Waals surface area contributed by atoms with E-state index in [0.717, 1.165) is 23.2 Å². The summed E-state index contributed by atoms with van der Waals surface area (Å²) < 4.78 is 3.03. The minimum absolute atomic E-state index is 0.176. The van der Waals surface area contributed by atoms with Crippen molar-refractivity contribution in [1.29, 1.82) is 0 Å². The second-order valence-corrected chi connectivity index (χ2v) is 6.15. The average Bonchev–Trinajstić information content (AvgIpc) is 2.70. The molecule has 3 nitrogen and oxygen atoms in total. The van der Waals surface area contributed by atoms with Crippen molar-refractivity contribution < 1.29 is 0 Å². The van der Waals surface area contributed by atoms with Gasteiger partial charge in [0.25, 0.3) is 5.56 Å². The topological polar surface area (TPSA) is 25.2 Å². The number of likely N-dealkylation sites (N-methyl/N-ethyl adjacent to an activating group) is 1. The lowest BCUT2D eigenvalue weighted by Gasteiger charge is -2.32. The summed E-state index contributed by atoms with van der Waals surface area (Å²) in [7, 11) is 2.17. The molecule has 96 valence electrons. The van der Waals surface area contributed by atoms with Gasteiger partial charge in [0.05, 0.1) is 16.6 Å². The van der Waals surface area contributed by atoms with Crippen LogP contribution in [0.4, 0.5) is 0 Å². The molecule has 1 aromatic heterocycles. The summed E-state index contributed by atoms with van der Waals surface area (Å²) in [6.45, 7) is 2.00. The minimum Gasteiger partial charge on any atom is -0.302 e. The van der Waals surface area contributed by atoms with Crippen molar-refractivity contribution >= 4 is 21.6 Å². The smallest absolute Gasteiger partial charge is 0.268 e. The second-order valence-electron chi connectivity index (χ2n) is 5.08. The van der Waals surface area contributed by atoms with E-state index in [1.165, 1.54) is 19.3 Å². The Morgan fingerprint density at radius 1 is 1.33 bits per heavy atom. The summed E-state index contributed by atoms with van der Waals surface area (Å²) in [5.41, 5.74) is 0.176. The van der Waals surface area contributed by atoms with Crippen molar-refractivity contribution in [2.24, 2.45) is 0 Å². The van der Waals surface area contributed by atoms with E-state index in [2.05, 4.69) is 11.9 Å².